The van der Waals surface area contributed by atoms with Crippen LogP contribution in [0.15, 0.2) is 70.8 Å². The van der Waals surface area contributed by atoms with Gasteiger partial charge >= 0.3 is 0 Å². The summed E-state index contributed by atoms with van der Waals surface area (Å²) in [5.41, 5.74) is 5.16. The van der Waals surface area contributed by atoms with Crippen molar-refractivity contribution in [3.8, 4) is 22.6 Å². The lowest BCUT2D eigenvalue weighted by Crippen LogP contribution is -2.19. The molecule has 6 heteroatoms. The minimum atomic E-state index is 0.719. The highest BCUT2D eigenvalue weighted by molar-refractivity contribution is 6.00. The summed E-state index contributed by atoms with van der Waals surface area (Å²) in [6, 6.07) is 18.5. The van der Waals surface area contributed by atoms with Crippen molar-refractivity contribution in [3.05, 3.63) is 71.9 Å². The minimum Gasteiger partial charge on any atom is -0.368 e. The normalized spacial score (nSPS) is 15.6. The van der Waals surface area contributed by atoms with Gasteiger partial charge in [-0.05, 0) is 6.07 Å². The highest BCUT2D eigenvalue weighted by atomic mass is 15.1. The van der Waals surface area contributed by atoms with Crippen LogP contribution in [-0.4, -0.2) is 47.8 Å². The van der Waals surface area contributed by atoms with E-state index in [9.17, 15) is 0 Å². The van der Waals surface area contributed by atoms with Crippen LogP contribution in [0.3, 0.4) is 0 Å². The van der Waals surface area contributed by atoms with Gasteiger partial charge in [0.15, 0.2) is 5.82 Å². The van der Waals surface area contributed by atoms with E-state index in [0.29, 0.717) is 0 Å². The van der Waals surface area contributed by atoms with Gasteiger partial charge in [-0.15, -0.1) is 0 Å². The van der Waals surface area contributed by atoms with E-state index in [2.05, 4.69) is 62.0 Å². The third kappa shape index (κ3) is 3.24. The molecule has 0 bridgehead atoms. The van der Waals surface area contributed by atoms with Crippen LogP contribution in [0.2, 0.25) is 0 Å². The zero-order valence-corrected chi connectivity index (χ0v) is 15.4. The van der Waals surface area contributed by atoms with E-state index in [0.717, 1.165) is 71.6 Å². The van der Waals surface area contributed by atoms with Gasteiger partial charge in [0.2, 0.25) is 0 Å². The smallest absolute Gasteiger partial charge is 0.159 e. The molecule has 2 aliphatic heterocycles. The first-order chi connectivity index (χ1) is 13.9. The van der Waals surface area contributed by atoms with Crippen LogP contribution < -0.4 is 10.6 Å². The predicted octanol–water partition coefficient (Wildman–Crippen LogP) is 2.51. The average Bonchev–Trinajstić information content (AvgIpc) is 3.49. The minimum absolute atomic E-state index is 0.719. The van der Waals surface area contributed by atoms with Crippen LogP contribution in [0.5, 0.6) is 0 Å². The van der Waals surface area contributed by atoms with Crippen LogP contribution in [0, 0.1) is 0 Å². The average molecular weight is 368 g/mol. The van der Waals surface area contributed by atoms with Crippen molar-refractivity contribution < 1.29 is 0 Å². The third-order valence-corrected chi connectivity index (χ3v) is 4.87. The Morgan fingerprint density at radius 3 is 1.68 bits per heavy atom. The molecule has 0 spiro atoms. The Bertz CT molecular complexity index is 968. The number of hydrogen-bond donors (Lipinski definition) is 2. The molecule has 3 heterocycles. The van der Waals surface area contributed by atoms with Gasteiger partial charge in [0.25, 0.3) is 0 Å². The molecule has 5 rings (SSSR count). The molecule has 0 fully saturated rings. The topological polar surface area (TPSA) is 74.6 Å². The summed E-state index contributed by atoms with van der Waals surface area (Å²) in [5, 5.41) is 6.59. The molecule has 0 atom stereocenters. The summed E-state index contributed by atoms with van der Waals surface area (Å²) in [4.78, 5) is 18.1. The SMILES string of the molecule is c1cc(-c2ccc(C3=NCCN3)cc2)nc(-c2ccc(C3=NCCN3)cc2)n1. The second-order valence-electron chi connectivity index (χ2n) is 6.73. The first-order valence-electron chi connectivity index (χ1n) is 9.48. The van der Waals surface area contributed by atoms with Crippen LogP contribution in [0.25, 0.3) is 22.6 Å². The second-order valence-corrected chi connectivity index (χ2v) is 6.73. The van der Waals surface area contributed by atoms with E-state index in [1.165, 1.54) is 0 Å². The maximum atomic E-state index is 4.76. The zero-order chi connectivity index (χ0) is 18.8. The Balaban J connectivity index is 1.40. The summed E-state index contributed by atoms with van der Waals surface area (Å²) < 4.78 is 0. The summed E-state index contributed by atoms with van der Waals surface area (Å²) in [7, 11) is 0. The van der Waals surface area contributed by atoms with E-state index in [1.807, 2.05) is 24.4 Å². The molecule has 0 amide bonds. The number of nitrogens with one attached hydrogen (secondary N) is 2. The maximum Gasteiger partial charge on any atom is 0.159 e. The molecule has 0 saturated carbocycles. The number of rotatable bonds is 4. The van der Waals surface area contributed by atoms with Gasteiger partial charge in [-0.25, -0.2) is 9.97 Å². The Morgan fingerprint density at radius 2 is 1.14 bits per heavy atom. The molecule has 28 heavy (non-hydrogen) atoms. The maximum absolute atomic E-state index is 4.76. The molecule has 3 aromatic rings. The molecule has 0 radical (unpaired) electrons. The van der Waals surface area contributed by atoms with E-state index in [1.54, 1.807) is 0 Å². The lowest BCUT2D eigenvalue weighted by molar-refractivity contribution is 0.960. The number of amidine groups is 2. The van der Waals surface area contributed by atoms with Gasteiger partial charge in [-0.2, -0.15) is 0 Å². The van der Waals surface area contributed by atoms with Gasteiger partial charge in [-0.3, -0.25) is 9.98 Å². The number of aliphatic imine (C=N–C) groups is 2. The fourth-order valence-electron chi connectivity index (χ4n) is 3.42. The van der Waals surface area contributed by atoms with Gasteiger partial charge in [0.1, 0.15) is 11.7 Å². The van der Waals surface area contributed by atoms with Gasteiger partial charge in [0, 0.05) is 41.5 Å². The Kier molecular flexibility index (Phi) is 4.29. The van der Waals surface area contributed by atoms with Crippen LogP contribution >= 0.6 is 0 Å². The van der Waals surface area contributed by atoms with Gasteiger partial charge in [-0.1, -0.05) is 48.5 Å². The highest BCUT2D eigenvalue weighted by Gasteiger charge is 2.11. The molecule has 138 valence electrons. The monoisotopic (exact) mass is 368 g/mol. The third-order valence-electron chi connectivity index (χ3n) is 4.87. The van der Waals surface area contributed by atoms with Gasteiger partial charge in [0.05, 0.1) is 18.8 Å². The van der Waals surface area contributed by atoms with Crippen molar-refractivity contribution in [2.24, 2.45) is 9.98 Å². The molecule has 2 aromatic carbocycles. The Labute approximate surface area is 163 Å². The molecular formula is C22H20N6. The van der Waals surface area contributed by atoms with Crippen LogP contribution in [0.4, 0.5) is 0 Å². The molecule has 0 aliphatic carbocycles. The van der Waals surface area contributed by atoms with Crippen molar-refractivity contribution in [2.75, 3.05) is 26.2 Å². The largest absolute Gasteiger partial charge is 0.368 e. The van der Waals surface area contributed by atoms with Crippen LogP contribution in [0.1, 0.15) is 11.1 Å². The van der Waals surface area contributed by atoms with E-state index < -0.39 is 0 Å². The van der Waals surface area contributed by atoms with E-state index >= 15 is 0 Å². The van der Waals surface area contributed by atoms with Crippen molar-refractivity contribution in [1.82, 2.24) is 20.6 Å². The standard InChI is InChI=1S/C22H20N6/c1-3-16(20-24-11-12-25-20)4-2-15(1)19-9-10-23-22(28-19)18-7-5-17(6-8-18)21-26-13-14-27-21/h1-10H,11-14H2,(H,24,25)(H,26,27). The number of hydrogen-bond acceptors (Lipinski definition) is 6. The van der Waals surface area contributed by atoms with Crippen LogP contribution in [-0.2, 0) is 0 Å². The van der Waals surface area contributed by atoms with Crippen molar-refractivity contribution in [3.63, 3.8) is 0 Å². The van der Waals surface area contributed by atoms with Gasteiger partial charge < -0.3 is 10.6 Å². The Morgan fingerprint density at radius 1 is 0.607 bits per heavy atom. The first-order valence-corrected chi connectivity index (χ1v) is 9.48. The van der Waals surface area contributed by atoms with Crippen molar-refractivity contribution in [1.29, 1.82) is 0 Å². The first kappa shape index (κ1) is 16.6. The highest BCUT2D eigenvalue weighted by Crippen LogP contribution is 2.22. The summed E-state index contributed by atoms with van der Waals surface area (Å²) in [5.74, 6) is 2.65. The van der Waals surface area contributed by atoms with E-state index in [4.69, 9.17) is 4.98 Å². The molecule has 2 N–H and O–H groups in total. The van der Waals surface area contributed by atoms with Crippen molar-refractivity contribution >= 4 is 11.7 Å². The molecule has 0 unspecified atom stereocenters. The summed E-state index contributed by atoms with van der Waals surface area (Å²) >= 11 is 0. The number of aromatic nitrogens is 2. The molecule has 2 aliphatic rings. The number of benzene rings is 2. The predicted molar refractivity (Wildman–Crippen MR) is 112 cm³/mol. The molecule has 0 saturated heterocycles. The molecule has 6 nitrogen and oxygen atoms in total. The quantitative estimate of drug-likeness (QED) is 0.742. The second kappa shape index (κ2) is 7.23. The summed E-state index contributed by atoms with van der Waals surface area (Å²) in [6.07, 6.45) is 1.81. The summed E-state index contributed by atoms with van der Waals surface area (Å²) in [6.45, 7) is 3.50. The van der Waals surface area contributed by atoms with E-state index in [-0.39, 0.29) is 0 Å². The lowest BCUT2D eigenvalue weighted by atomic mass is 10.1. The van der Waals surface area contributed by atoms with Crippen molar-refractivity contribution in [2.45, 2.75) is 0 Å². The fourth-order valence-corrected chi connectivity index (χ4v) is 3.42. The lowest BCUT2D eigenvalue weighted by Gasteiger charge is -2.07. The number of nitrogens with zero attached hydrogens (tertiary/aromatic N) is 4. The fraction of sp³-hybridized carbons (Fsp3) is 0.182. The molecular weight excluding hydrogens is 348 g/mol. The Hall–Kier alpha value is -3.54. The molecule has 1 aromatic heterocycles. The zero-order valence-electron chi connectivity index (χ0n) is 15.4.